The number of hydrogen-bond acceptors (Lipinski definition) is 2. The molecule has 0 radical (unpaired) electrons. The molecule has 67 heavy (non-hydrogen) atoms. The fourth-order valence-electron chi connectivity index (χ4n) is 11.0. The van der Waals surface area contributed by atoms with Crippen molar-refractivity contribution in [3.05, 3.63) is 321 Å². The molecule has 8 aromatic carbocycles. The molecule has 2 nitrogen and oxygen atoms in total. The fourth-order valence-corrected chi connectivity index (χ4v) is 11.0. The van der Waals surface area contributed by atoms with Crippen LogP contribution in [-0.2, 0) is 31.9 Å². The van der Waals surface area contributed by atoms with Gasteiger partial charge in [0.2, 0.25) is 0 Å². The molecule has 12 rings (SSSR count). The third kappa shape index (κ3) is 6.57. The van der Waals surface area contributed by atoms with E-state index in [1.165, 1.54) is 55.6 Å². The Balaban J connectivity index is 0.00000494. The summed E-state index contributed by atoms with van der Waals surface area (Å²) in [6.07, 6.45) is 3.83. The van der Waals surface area contributed by atoms with E-state index >= 15 is 0 Å². The summed E-state index contributed by atoms with van der Waals surface area (Å²) in [5, 5.41) is 0. The molecule has 0 amide bonds. The molecule has 3 heteroatoms. The maximum Gasteiger partial charge on any atom is 2.00 e. The number of rotatable bonds is 8. The monoisotopic (exact) mass is 1040 g/mol. The van der Waals surface area contributed by atoms with E-state index in [9.17, 15) is 0 Å². The van der Waals surface area contributed by atoms with E-state index in [0.29, 0.717) is 0 Å². The molecule has 0 saturated heterocycles. The summed E-state index contributed by atoms with van der Waals surface area (Å²) in [5.41, 5.74) is 20.9. The summed E-state index contributed by atoms with van der Waals surface area (Å²) in [4.78, 5) is 10.3. The fraction of sp³-hybridized carbons (Fsp3) is 0.0625. The number of aryl methyl sites for hydroxylation is 2. The zero-order valence-corrected chi connectivity index (χ0v) is 39.4. The van der Waals surface area contributed by atoms with Crippen molar-refractivity contribution >= 4 is 11.1 Å². The topological polar surface area (TPSA) is 25.8 Å². The zero-order chi connectivity index (χ0) is 44.2. The Morgan fingerprint density at radius 3 is 1.03 bits per heavy atom. The standard InChI is InChI=1S/C64H44N2.Pt/c1-43-31-35-45(36-32-43)61(46-37-33-44(2)34-38-46)62(47-17-15-19-49(41-47)63(59-29-11-13-39-65-59)55-25-7-3-21-51(55)52-22-4-8-26-56(52)63)48-18-16-20-50(42-48)64(60-30-12-14-40-66-60)57-27-9-5-23-53(57)54-24-6-10-28-58(54)64;/h3-40H,1-2H3;/q-2;+2. The van der Waals surface area contributed by atoms with Crippen LogP contribution < -0.4 is 0 Å². The number of aromatic nitrogens is 2. The quantitative estimate of drug-likeness (QED) is 0.112. The number of hydrogen-bond donors (Lipinski definition) is 0. The number of benzene rings is 8. The Kier molecular flexibility index (Phi) is 10.7. The average Bonchev–Trinajstić information content (AvgIpc) is 3.86. The van der Waals surface area contributed by atoms with Crippen LogP contribution in [0.2, 0.25) is 0 Å². The van der Waals surface area contributed by atoms with Crippen molar-refractivity contribution in [3.8, 4) is 22.3 Å². The van der Waals surface area contributed by atoms with E-state index in [0.717, 1.165) is 55.9 Å². The molecule has 0 bridgehead atoms. The molecule has 2 aliphatic carbocycles. The molecule has 0 saturated carbocycles. The minimum Gasteiger partial charge on any atom is -0.260 e. The van der Waals surface area contributed by atoms with Gasteiger partial charge < -0.3 is 0 Å². The smallest absolute Gasteiger partial charge is 0.260 e. The number of fused-ring (bicyclic) bond motifs is 6. The predicted molar refractivity (Wildman–Crippen MR) is 268 cm³/mol. The van der Waals surface area contributed by atoms with Crippen molar-refractivity contribution in [3.63, 3.8) is 0 Å². The third-order valence-corrected chi connectivity index (χ3v) is 13.9. The molecule has 0 N–H and O–H groups in total. The summed E-state index contributed by atoms with van der Waals surface area (Å²) in [7, 11) is 0. The third-order valence-electron chi connectivity index (χ3n) is 13.9. The largest absolute Gasteiger partial charge is 2.00 e. The van der Waals surface area contributed by atoms with Gasteiger partial charge in [-0.15, -0.1) is 76.4 Å². The Hall–Kier alpha value is -7.51. The van der Waals surface area contributed by atoms with Crippen molar-refractivity contribution < 1.29 is 21.1 Å². The summed E-state index contributed by atoms with van der Waals surface area (Å²) in [6.45, 7) is 4.30. The number of nitrogens with zero attached hydrogens (tertiary/aromatic N) is 2. The van der Waals surface area contributed by atoms with E-state index in [-0.39, 0.29) is 21.1 Å². The van der Waals surface area contributed by atoms with Crippen LogP contribution in [0.3, 0.4) is 0 Å². The van der Waals surface area contributed by atoms with Gasteiger partial charge in [0.1, 0.15) is 0 Å². The van der Waals surface area contributed by atoms with Gasteiger partial charge in [0.05, 0.1) is 22.2 Å². The molecule has 320 valence electrons. The van der Waals surface area contributed by atoms with Gasteiger partial charge >= 0.3 is 21.1 Å². The summed E-state index contributed by atoms with van der Waals surface area (Å²) in [5.74, 6) is 0. The first kappa shape index (κ1) is 42.1. The van der Waals surface area contributed by atoms with Gasteiger partial charge in [-0.25, -0.2) is 0 Å². The normalized spacial score (nSPS) is 13.3. The van der Waals surface area contributed by atoms with E-state index < -0.39 is 10.8 Å². The van der Waals surface area contributed by atoms with Gasteiger partial charge in [0, 0.05) is 12.4 Å². The number of pyridine rings is 2. The van der Waals surface area contributed by atoms with Crippen molar-refractivity contribution in [2.75, 3.05) is 0 Å². The molecule has 2 heterocycles. The molecule has 0 aliphatic heterocycles. The van der Waals surface area contributed by atoms with Crippen LogP contribution in [0.25, 0.3) is 33.4 Å². The van der Waals surface area contributed by atoms with Gasteiger partial charge in [-0.05, 0) is 99.3 Å². The minimum absolute atomic E-state index is 0. The first-order valence-electron chi connectivity index (χ1n) is 22.7. The van der Waals surface area contributed by atoms with Crippen molar-refractivity contribution in [2.24, 2.45) is 0 Å². The molecule has 10 aromatic rings. The van der Waals surface area contributed by atoms with Crippen molar-refractivity contribution in [2.45, 2.75) is 24.7 Å². The van der Waals surface area contributed by atoms with Crippen LogP contribution in [-0.4, -0.2) is 9.97 Å². The van der Waals surface area contributed by atoms with Crippen molar-refractivity contribution in [1.29, 1.82) is 0 Å². The van der Waals surface area contributed by atoms with Gasteiger partial charge in [-0.1, -0.05) is 169 Å². The Bertz CT molecular complexity index is 3160. The Morgan fingerprint density at radius 2 is 0.687 bits per heavy atom. The first-order valence-corrected chi connectivity index (χ1v) is 22.7. The molecule has 2 aromatic heterocycles. The van der Waals surface area contributed by atoms with Crippen LogP contribution in [0.15, 0.2) is 231 Å². The second-order valence-corrected chi connectivity index (χ2v) is 17.6. The second kappa shape index (κ2) is 17.0. The minimum atomic E-state index is -0.727. The zero-order valence-electron chi connectivity index (χ0n) is 37.1. The molecule has 0 unspecified atom stereocenters. The maximum absolute atomic E-state index is 5.17. The molecule has 0 spiro atoms. The van der Waals surface area contributed by atoms with Crippen LogP contribution in [0.1, 0.15) is 78.1 Å². The van der Waals surface area contributed by atoms with E-state index in [1.54, 1.807) is 0 Å². The molecule has 0 fully saturated rings. The molecular weight excluding hydrogens is 992 g/mol. The van der Waals surface area contributed by atoms with Crippen LogP contribution >= 0.6 is 0 Å². The Morgan fingerprint density at radius 1 is 0.343 bits per heavy atom. The van der Waals surface area contributed by atoms with Gasteiger partial charge in [-0.2, -0.15) is 0 Å². The first-order chi connectivity index (χ1) is 32.6. The SMILES string of the molecule is Cc1ccc(C(=C(c2[c-]c(C3(c4ccccn4)c4ccccc4-c4ccccc43)ccc2)c2[c-]c(C3(c4ccccn4)c4ccccc4-c4ccccc43)ccc2)c2ccc(C)cc2)cc1.[Pt+2]. The van der Waals surface area contributed by atoms with Crippen LogP contribution in [0.4, 0.5) is 0 Å². The summed E-state index contributed by atoms with van der Waals surface area (Å²) >= 11 is 0. The van der Waals surface area contributed by atoms with E-state index in [4.69, 9.17) is 9.97 Å². The predicted octanol–water partition coefficient (Wildman–Crippen LogP) is 14.4. The van der Waals surface area contributed by atoms with Gasteiger partial charge in [0.25, 0.3) is 0 Å². The molecular formula is C64H44N2Pt. The van der Waals surface area contributed by atoms with Gasteiger partial charge in [-0.3, -0.25) is 9.97 Å². The maximum atomic E-state index is 5.17. The second-order valence-electron chi connectivity index (χ2n) is 17.6. The van der Waals surface area contributed by atoms with E-state index in [1.807, 2.05) is 24.5 Å². The summed E-state index contributed by atoms with van der Waals surface area (Å²) < 4.78 is 0. The van der Waals surface area contributed by atoms with E-state index in [2.05, 4.69) is 232 Å². The molecule has 2 aliphatic rings. The summed E-state index contributed by atoms with van der Waals surface area (Å²) in [6, 6.07) is 87.5. The van der Waals surface area contributed by atoms with Crippen molar-refractivity contribution in [1.82, 2.24) is 9.97 Å². The van der Waals surface area contributed by atoms with Gasteiger partial charge in [0.15, 0.2) is 0 Å². The van der Waals surface area contributed by atoms with Crippen LogP contribution in [0, 0.1) is 26.0 Å². The van der Waals surface area contributed by atoms with Crippen LogP contribution in [0.5, 0.6) is 0 Å². The Labute approximate surface area is 407 Å². The average molecular weight is 1040 g/mol. The molecule has 0 atom stereocenters.